The molecule has 0 spiro atoms. The minimum Gasteiger partial charge on any atom is -0.397 e. The van der Waals surface area contributed by atoms with Crippen LogP contribution < -0.4 is 11.2 Å². The molecular weight excluding hydrogens is 240 g/mol. The van der Waals surface area contributed by atoms with Gasteiger partial charge in [-0.05, 0) is 37.1 Å². The molecule has 4 nitrogen and oxygen atoms in total. The number of anilines is 2. The molecule has 0 aliphatic carbocycles. The van der Waals surface area contributed by atoms with Gasteiger partial charge in [-0.2, -0.15) is 0 Å². The topological polar surface area (TPSA) is 64.3 Å². The summed E-state index contributed by atoms with van der Waals surface area (Å²) < 4.78 is 0. The Kier molecular flexibility index (Phi) is 3.71. The van der Waals surface area contributed by atoms with Crippen molar-refractivity contribution >= 4 is 17.3 Å². The summed E-state index contributed by atoms with van der Waals surface area (Å²) in [6, 6.07) is 12.7. The van der Waals surface area contributed by atoms with Gasteiger partial charge in [0.1, 0.15) is 0 Å². The standard InChI is InChI=1S/C15H16N2O2/c1-10-6-3-4-8-12(10)15(18)19-17-13-9-5-7-11(2)14(13)16/h3-9,17H,16H2,1-2H3. The van der Waals surface area contributed by atoms with E-state index in [1.54, 1.807) is 18.2 Å². The van der Waals surface area contributed by atoms with Crippen molar-refractivity contribution in [2.24, 2.45) is 0 Å². The summed E-state index contributed by atoms with van der Waals surface area (Å²) in [6.07, 6.45) is 0. The Morgan fingerprint density at radius 3 is 2.47 bits per heavy atom. The molecule has 0 bridgehead atoms. The lowest BCUT2D eigenvalue weighted by molar-refractivity contribution is 0.0596. The molecule has 0 aromatic heterocycles. The van der Waals surface area contributed by atoms with Crippen LogP contribution in [0.5, 0.6) is 0 Å². The molecule has 2 rings (SSSR count). The summed E-state index contributed by atoms with van der Waals surface area (Å²) in [5, 5.41) is 0. The highest BCUT2D eigenvalue weighted by atomic mass is 16.7. The van der Waals surface area contributed by atoms with Gasteiger partial charge in [0.05, 0.1) is 16.9 Å². The fourth-order valence-electron chi connectivity index (χ4n) is 1.73. The Balaban J connectivity index is 2.09. The maximum atomic E-state index is 11.9. The van der Waals surface area contributed by atoms with Crippen LogP contribution in [0.3, 0.4) is 0 Å². The lowest BCUT2D eigenvalue weighted by Crippen LogP contribution is -2.13. The smallest absolute Gasteiger partial charge is 0.363 e. The zero-order valence-corrected chi connectivity index (χ0v) is 10.9. The molecule has 0 amide bonds. The Labute approximate surface area is 112 Å². The highest BCUT2D eigenvalue weighted by Crippen LogP contribution is 2.22. The van der Waals surface area contributed by atoms with Crippen LogP contribution in [-0.4, -0.2) is 5.97 Å². The van der Waals surface area contributed by atoms with Gasteiger partial charge in [-0.3, -0.25) is 0 Å². The SMILES string of the molecule is Cc1ccccc1C(=O)ONc1cccc(C)c1N. The van der Waals surface area contributed by atoms with Crippen LogP contribution >= 0.6 is 0 Å². The number of nitrogens with one attached hydrogen (secondary N) is 1. The first-order valence-corrected chi connectivity index (χ1v) is 5.97. The second kappa shape index (κ2) is 5.44. The zero-order chi connectivity index (χ0) is 13.8. The number of para-hydroxylation sites is 1. The summed E-state index contributed by atoms with van der Waals surface area (Å²) in [5.74, 6) is -0.431. The highest BCUT2D eigenvalue weighted by Gasteiger charge is 2.11. The van der Waals surface area contributed by atoms with Gasteiger partial charge in [0.25, 0.3) is 0 Å². The van der Waals surface area contributed by atoms with Crippen LogP contribution in [0.4, 0.5) is 11.4 Å². The lowest BCUT2D eigenvalue weighted by atomic mass is 10.1. The van der Waals surface area contributed by atoms with Crippen molar-refractivity contribution in [3.05, 3.63) is 59.2 Å². The molecule has 0 aliphatic rings. The molecule has 0 fully saturated rings. The number of nitrogen functional groups attached to an aromatic ring is 1. The molecule has 98 valence electrons. The predicted molar refractivity (Wildman–Crippen MR) is 75.8 cm³/mol. The quantitative estimate of drug-likeness (QED) is 0.654. The van der Waals surface area contributed by atoms with E-state index in [1.165, 1.54) is 0 Å². The first-order chi connectivity index (χ1) is 9.09. The van der Waals surface area contributed by atoms with Crippen LogP contribution in [-0.2, 0) is 4.84 Å². The van der Waals surface area contributed by atoms with E-state index in [4.69, 9.17) is 10.6 Å². The summed E-state index contributed by atoms with van der Waals surface area (Å²) >= 11 is 0. The first kappa shape index (κ1) is 13.0. The summed E-state index contributed by atoms with van der Waals surface area (Å²) in [5.41, 5.74) is 12.0. The molecule has 0 radical (unpaired) electrons. The van der Waals surface area contributed by atoms with E-state index in [0.717, 1.165) is 11.1 Å². The second-order valence-corrected chi connectivity index (χ2v) is 4.34. The largest absolute Gasteiger partial charge is 0.397 e. The molecule has 0 aliphatic heterocycles. The third kappa shape index (κ3) is 2.85. The summed E-state index contributed by atoms with van der Waals surface area (Å²) in [6.45, 7) is 3.75. The van der Waals surface area contributed by atoms with E-state index >= 15 is 0 Å². The second-order valence-electron chi connectivity index (χ2n) is 4.34. The van der Waals surface area contributed by atoms with Crippen LogP contribution in [0.15, 0.2) is 42.5 Å². The third-order valence-electron chi connectivity index (χ3n) is 2.94. The van der Waals surface area contributed by atoms with Gasteiger partial charge < -0.3 is 10.6 Å². The third-order valence-corrected chi connectivity index (χ3v) is 2.94. The molecule has 0 saturated carbocycles. The number of carbonyl (C=O) groups is 1. The van der Waals surface area contributed by atoms with Crippen LogP contribution in [0.2, 0.25) is 0 Å². The average Bonchev–Trinajstić information content (AvgIpc) is 2.40. The highest BCUT2D eigenvalue weighted by molar-refractivity contribution is 5.91. The van der Waals surface area contributed by atoms with Gasteiger partial charge in [0.15, 0.2) is 0 Å². The van der Waals surface area contributed by atoms with Crippen molar-refractivity contribution in [1.82, 2.24) is 0 Å². The monoisotopic (exact) mass is 256 g/mol. The fourth-order valence-corrected chi connectivity index (χ4v) is 1.73. The normalized spacial score (nSPS) is 10.0. The Morgan fingerprint density at radius 2 is 1.74 bits per heavy atom. The number of nitrogens with two attached hydrogens (primary N) is 1. The number of hydrogen-bond donors (Lipinski definition) is 2. The minimum atomic E-state index is -0.431. The van der Waals surface area contributed by atoms with Gasteiger partial charge in [-0.15, -0.1) is 0 Å². The van der Waals surface area contributed by atoms with Gasteiger partial charge in [-0.25, -0.2) is 10.3 Å². The lowest BCUT2D eigenvalue weighted by Gasteiger charge is -2.11. The molecule has 0 unspecified atom stereocenters. The molecule has 4 heteroatoms. The maximum Gasteiger partial charge on any atom is 0.363 e. The van der Waals surface area contributed by atoms with Crippen molar-refractivity contribution < 1.29 is 9.63 Å². The van der Waals surface area contributed by atoms with Crippen molar-refractivity contribution in [3.63, 3.8) is 0 Å². The number of rotatable bonds is 3. The summed E-state index contributed by atoms with van der Waals surface area (Å²) in [4.78, 5) is 17.0. The maximum absolute atomic E-state index is 11.9. The molecule has 0 heterocycles. The number of benzene rings is 2. The first-order valence-electron chi connectivity index (χ1n) is 5.97. The van der Waals surface area contributed by atoms with Crippen LogP contribution in [0.25, 0.3) is 0 Å². The molecule has 3 N–H and O–H groups in total. The van der Waals surface area contributed by atoms with Crippen molar-refractivity contribution in [3.8, 4) is 0 Å². The van der Waals surface area contributed by atoms with E-state index in [2.05, 4.69) is 5.48 Å². The van der Waals surface area contributed by atoms with Gasteiger partial charge >= 0.3 is 5.97 Å². The molecular formula is C15H16N2O2. The van der Waals surface area contributed by atoms with Gasteiger partial charge in [0, 0.05) is 0 Å². The van der Waals surface area contributed by atoms with Gasteiger partial charge in [0.2, 0.25) is 0 Å². The molecule has 0 atom stereocenters. The van der Waals surface area contributed by atoms with Crippen molar-refractivity contribution in [2.45, 2.75) is 13.8 Å². The fraction of sp³-hybridized carbons (Fsp3) is 0.133. The van der Waals surface area contributed by atoms with Gasteiger partial charge in [-0.1, -0.05) is 30.3 Å². The van der Waals surface area contributed by atoms with E-state index in [9.17, 15) is 4.79 Å². The van der Waals surface area contributed by atoms with Crippen molar-refractivity contribution in [1.29, 1.82) is 0 Å². The molecule has 2 aromatic carbocycles. The summed E-state index contributed by atoms with van der Waals surface area (Å²) in [7, 11) is 0. The minimum absolute atomic E-state index is 0.431. The molecule has 19 heavy (non-hydrogen) atoms. The zero-order valence-electron chi connectivity index (χ0n) is 10.9. The van der Waals surface area contributed by atoms with Crippen LogP contribution in [0.1, 0.15) is 21.5 Å². The Hall–Kier alpha value is -2.49. The molecule has 2 aromatic rings. The predicted octanol–water partition coefficient (Wildman–Crippen LogP) is 3.07. The van der Waals surface area contributed by atoms with E-state index in [-0.39, 0.29) is 0 Å². The van der Waals surface area contributed by atoms with E-state index in [0.29, 0.717) is 16.9 Å². The average molecular weight is 256 g/mol. The van der Waals surface area contributed by atoms with E-state index < -0.39 is 5.97 Å². The number of aryl methyl sites for hydroxylation is 2. The molecule has 0 saturated heterocycles. The Morgan fingerprint density at radius 1 is 1.05 bits per heavy atom. The number of carbonyl (C=O) groups excluding carboxylic acids is 1. The van der Waals surface area contributed by atoms with E-state index in [1.807, 2.05) is 38.1 Å². The van der Waals surface area contributed by atoms with Crippen molar-refractivity contribution in [2.75, 3.05) is 11.2 Å². The van der Waals surface area contributed by atoms with Crippen LogP contribution in [0, 0.1) is 13.8 Å². The Bertz CT molecular complexity index is 609. The number of hydrogen-bond acceptors (Lipinski definition) is 4.